The number of aliphatic hydroxyl groups excluding tert-OH is 3. The molecule has 25 heavy (non-hydrogen) atoms. The zero-order valence-corrected chi connectivity index (χ0v) is 14.8. The van der Waals surface area contributed by atoms with Gasteiger partial charge in [0.1, 0.15) is 0 Å². The van der Waals surface area contributed by atoms with Gasteiger partial charge in [-0.2, -0.15) is 0 Å². The fourth-order valence-corrected chi connectivity index (χ4v) is 3.13. The summed E-state index contributed by atoms with van der Waals surface area (Å²) in [6.07, 6.45) is 1.45. The van der Waals surface area contributed by atoms with Crippen LogP contribution in [0, 0.1) is 11.8 Å². The van der Waals surface area contributed by atoms with Crippen molar-refractivity contribution in [3.05, 3.63) is 24.3 Å². The predicted octanol–water partition coefficient (Wildman–Crippen LogP) is 3.04. The Labute approximate surface area is 156 Å². The quantitative estimate of drug-likeness (QED) is 0.317. The summed E-state index contributed by atoms with van der Waals surface area (Å²) >= 11 is 0. The van der Waals surface area contributed by atoms with Gasteiger partial charge >= 0.3 is 5.97 Å². The van der Waals surface area contributed by atoms with Gasteiger partial charge in [0.15, 0.2) is 0 Å². The molecular weight excluding hydrogens is 320 g/mol. The molecule has 4 N–H and O–H groups in total. The first-order valence-electron chi connectivity index (χ1n) is 11.0. The highest BCUT2D eigenvalue weighted by molar-refractivity contribution is 5.66. The van der Waals surface area contributed by atoms with Crippen molar-refractivity contribution in [2.45, 2.75) is 82.9 Å². The highest BCUT2D eigenvalue weighted by Gasteiger charge is 2.39. The number of carbonyl (C=O) groups is 1. The van der Waals surface area contributed by atoms with Gasteiger partial charge in [-0.05, 0) is 31.5 Å². The third kappa shape index (κ3) is 8.66. The Bertz CT molecular complexity index is 579. The second-order valence-electron chi connectivity index (χ2n) is 6.59. The molecule has 0 aromatic carbocycles. The number of hydrogen-bond acceptors (Lipinski definition) is 4. The van der Waals surface area contributed by atoms with Crippen LogP contribution in [0.3, 0.4) is 0 Å². The lowest BCUT2D eigenvalue weighted by molar-refractivity contribution is -0.137. The summed E-state index contributed by atoms with van der Waals surface area (Å²) < 4.78 is 31.0. The summed E-state index contributed by atoms with van der Waals surface area (Å²) in [6, 6.07) is 0. The molecule has 0 bridgehead atoms. The predicted molar refractivity (Wildman–Crippen MR) is 98.1 cm³/mol. The normalized spacial score (nSPS) is 31.7. The molecule has 1 rings (SSSR count). The Kier molecular flexibility index (Phi) is 7.84. The van der Waals surface area contributed by atoms with Gasteiger partial charge in [0.05, 0.1) is 18.3 Å². The van der Waals surface area contributed by atoms with Crippen LogP contribution < -0.4 is 0 Å². The Morgan fingerprint density at radius 1 is 1.28 bits per heavy atom. The summed E-state index contributed by atoms with van der Waals surface area (Å²) in [5.41, 5.74) is 0. The summed E-state index contributed by atoms with van der Waals surface area (Å²) in [5, 5.41) is 39.3. The molecule has 0 saturated heterocycles. The van der Waals surface area contributed by atoms with Gasteiger partial charge < -0.3 is 20.4 Å². The van der Waals surface area contributed by atoms with E-state index in [0.29, 0.717) is 6.42 Å². The maximum atomic E-state index is 10.8. The molecule has 144 valence electrons. The van der Waals surface area contributed by atoms with E-state index in [1.54, 1.807) is 12.2 Å². The zero-order chi connectivity index (χ0) is 22.2. The smallest absolute Gasteiger partial charge is 0.303 e. The number of rotatable bonds is 12. The van der Waals surface area contributed by atoms with Crippen molar-refractivity contribution in [1.29, 1.82) is 0 Å². The minimum atomic E-state index is -2.58. The van der Waals surface area contributed by atoms with Crippen LogP contribution >= 0.6 is 0 Å². The van der Waals surface area contributed by atoms with Crippen LogP contribution in [-0.2, 0) is 4.79 Å². The average molecular weight is 359 g/mol. The molecule has 0 spiro atoms. The van der Waals surface area contributed by atoms with Crippen LogP contribution in [0.1, 0.15) is 70.1 Å². The van der Waals surface area contributed by atoms with E-state index in [1.165, 1.54) is 6.08 Å². The van der Waals surface area contributed by atoms with Crippen molar-refractivity contribution in [3.8, 4) is 0 Å². The van der Waals surface area contributed by atoms with Crippen molar-refractivity contribution in [2.75, 3.05) is 0 Å². The van der Waals surface area contributed by atoms with Crippen LogP contribution in [0.2, 0.25) is 0 Å². The summed E-state index contributed by atoms with van der Waals surface area (Å²) in [4.78, 5) is 10.8. The fourth-order valence-electron chi connectivity index (χ4n) is 3.13. The van der Waals surface area contributed by atoms with E-state index in [1.807, 2.05) is 0 Å². The number of aliphatic carboxylic acids is 1. The summed E-state index contributed by atoms with van der Waals surface area (Å²) in [6.45, 7) is 2.08. The van der Waals surface area contributed by atoms with Gasteiger partial charge in [-0.3, -0.25) is 4.79 Å². The van der Waals surface area contributed by atoms with E-state index in [9.17, 15) is 20.1 Å². The Morgan fingerprint density at radius 3 is 2.72 bits per heavy atom. The number of hydrogen-bond donors (Lipinski definition) is 4. The van der Waals surface area contributed by atoms with E-state index >= 15 is 0 Å². The van der Waals surface area contributed by atoms with E-state index in [0.717, 1.165) is 25.3 Å². The molecule has 0 amide bonds. The van der Waals surface area contributed by atoms with E-state index in [2.05, 4.69) is 6.92 Å². The van der Waals surface area contributed by atoms with Crippen molar-refractivity contribution >= 4 is 5.97 Å². The molecular formula is C20H34O5. The Hall–Kier alpha value is -1.17. The first-order valence-corrected chi connectivity index (χ1v) is 9.03. The standard InChI is InChI=1S/C20H34O5/c1-2-3-6-9-15(21)12-13-17-16(18(22)14-19(17)23)10-7-4-5-8-11-20(24)25/h4,7,12-13,15-19,21-23H,2-3,5-6,8-11,14H2,1H3,(H,24,25)/b7-4-,13-12+/t15-,16-,17-,18+,19+/m1/s1/i5D2,8D2. The SMILES string of the molecule is [2H]C([2H])(/C=C\C[C@@H]1[C@@H](/C=C/[C@H](O)CCCCC)[C@@H](O)C[C@@H]1O)C([2H])([2H])CC(=O)O. The van der Waals surface area contributed by atoms with Gasteiger partial charge in [0.2, 0.25) is 0 Å². The zero-order valence-electron chi connectivity index (χ0n) is 18.8. The molecule has 1 aliphatic carbocycles. The van der Waals surface area contributed by atoms with Crippen LogP contribution in [0.4, 0.5) is 0 Å². The van der Waals surface area contributed by atoms with Crippen molar-refractivity contribution in [1.82, 2.24) is 0 Å². The lowest BCUT2D eigenvalue weighted by atomic mass is 9.89. The first kappa shape index (κ1) is 16.0. The first-order chi connectivity index (χ1) is 13.4. The van der Waals surface area contributed by atoms with Crippen molar-refractivity contribution < 1.29 is 30.7 Å². The van der Waals surface area contributed by atoms with Crippen LogP contribution in [0.25, 0.3) is 0 Å². The minimum absolute atomic E-state index is 0.173. The fraction of sp³-hybridized carbons (Fsp3) is 0.750. The van der Waals surface area contributed by atoms with Crippen LogP contribution in [0.5, 0.6) is 0 Å². The van der Waals surface area contributed by atoms with Crippen molar-refractivity contribution in [2.24, 2.45) is 11.8 Å². The van der Waals surface area contributed by atoms with Gasteiger partial charge in [-0.25, -0.2) is 0 Å². The topological polar surface area (TPSA) is 98.0 Å². The van der Waals surface area contributed by atoms with Gasteiger partial charge in [-0.15, -0.1) is 0 Å². The number of allylic oxidation sites excluding steroid dienone is 2. The maximum Gasteiger partial charge on any atom is 0.303 e. The molecule has 1 aliphatic rings. The largest absolute Gasteiger partial charge is 0.481 e. The average Bonchev–Trinajstić information content (AvgIpc) is 2.85. The molecule has 5 nitrogen and oxygen atoms in total. The highest BCUT2D eigenvalue weighted by Crippen LogP contribution is 2.36. The lowest BCUT2D eigenvalue weighted by Crippen LogP contribution is -2.20. The second kappa shape index (κ2) is 12.2. The van der Waals surface area contributed by atoms with Gasteiger partial charge in [-0.1, -0.05) is 50.5 Å². The molecule has 0 radical (unpaired) electrons. The molecule has 1 saturated carbocycles. The Morgan fingerprint density at radius 2 is 2.04 bits per heavy atom. The second-order valence-corrected chi connectivity index (χ2v) is 6.59. The summed E-state index contributed by atoms with van der Waals surface area (Å²) in [5.74, 6) is -2.23. The molecule has 0 heterocycles. The number of aliphatic hydroxyl groups is 3. The molecule has 0 aromatic heterocycles. The minimum Gasteiger partial charge on any atom is -0.481 e. The molecule has 0 unspecified atom stereocenters. The van der Waals surface area contributed by atoms with Gasteiger partial charge in [0.25, 0.3) is 0 Å². The third-order valence-corrected chi connectivity index (χ3v) is 4.53. The monoisotopic (exact) mass is 358 g/mol. The van der Waals surface area contributed by atoms with Gasteiger partial charge in [0, 0.05) is 24.2 Å². The molecule has 5 heteroatoms. The molecule has 0 aromatic rings. The van der Waals surface area contributed by atoms with E-state index in [4.69, 9.17) is 10.6 Å². The van der Waals surface area contributed by atoms with E-state index < -0.39 is 55.3 Å². The lowest BCUT2D eigenvalue weighted by Gasteiger charge is -2.19. The number of carboxylic acid groups (broad SMARTS) is 1. The van der Waals surface area contributed by atoms with Crippen LogP contribution in [0.15, 0.2) is 24.3 Å². The third-order valence-electron chi connectivity index (χ3n) is 4.53. The Balaban J connectivity index is 2.76. The molecule has 0 aliphatic heterocycles. The van der Waals surface area contributed by atoms with Crippen LogP contribution in [-0.4, -0.2) is 44.7 Å². The maximum absolute atomic E-state index is 10.8. The number of unbranched alkanes of at least 4 members (excludes halogenated alkanes) is 2. The van der Waals surface area contributed by atoms with Crippen molar-refractivity contribution in [3.63, 3.8) is 0 Å². The summed E-state index contributed by atoms with van der Waals surface area (Å²) in [7, 11) is 0. The molecule has 1 fully saturated rings. The highest BCUT2D eigenvalue weighted by atomic mass is 16.4. The van der Waals surface area contributed by atoms with E-state index in [-0.39, 0.29) is 12.8 Å². The number of carboxylic acids is 1. The molecule has 5 atom stereocenters.